The van der Waals surface area contributed by atoms with Crippen LogP contribution in [-0.2, 0) is 35.0 Å². The summed E-state index contributed by atoms with van der Waals surface area (Å²) in [4.78, 5) is 61.6. The van der Waals surface area contributed by atoms with E-state index in [1.807, 2.05) is 6.92 Å². The minimum absolute atomic E-state index is 0.0876. The lowest BCUT2D eigenvalue weighted by molar-refractivity contribution is -0.136. The first kappa shape index (κ1) is 30.2. The van der Waals surface area contributed by atoms with Gasteiger partial charge < -0.3 is 24.3 Å². The molecular weight excluding hydrogens is 510 g/mol. The standard InChI is InChI=1S/C27H37N3O9/c1-2-3-12-39-27(35)28-10-13-37-15-17-38-16-14-36-11-4-5-19-6-7-20-21(18-19)26(34)30(25(20)33)22-8-9-23(31)29-24(22)32/h6-7,18,22H,2-5,8-17H2,1H3,(H,28,35)(H,29,31,32). The van der Waals surface area contributed by atoms with E-state index in [2.05, 4.69) is 10.6 Å². The number of nitrogens with one attached hydrogen (secondary N) is 2. The van der Waals surface area contributed by atoms with Gasteiger partial charge in [0.1, 0.15) is 6.04 Å². The highest BCUT2D eigenvalue weighted by Gasteiger charge is 2.44. The number of carbonyl (C=O) groups is 5. The molecule has 12 heteroatoms. The van der Waals surface area contributed by atoms with Crippen LogP contribution in [0.4, 0.5) is 4.79 Å². The van der Waals surface area contributed by atoms with Gasteiger partial charge in [-0.1, -0.05) is 19.4 Å². The Morgan fingerprint density at radius 3 is 2.33 bits per heavy atom. The third kappa shape index (κ3) is 9.12. The van der Waals surface area contributed by atoms with E-state index in [4.69, 9.17) is 18.9 Å². The molecule has 0 aliphatic carbocycles. The van der Waals surface area contributed by atoms with Crippen molar-refractivity contribution in [3.05, 3.63) is 34.9 Å². The second kappa shape index (κ2) is 15.9. The van der Waals surface area contributed by atoms with E-state index in [1.165, 1.54) is 0 Å². The fraction of sp³-hybridized carbons (Fsp3) is 0.593. The summed E-state index contributed by atoms with van der Waals surface area (Å²) < 4.78 is 21.4. The summed E-state index contributed by atoms with van der Waals surface area (Å²) in [5.74, 6) is -2.04. The number of rotatable bonds is 17. The van der Waals surface area contributed by atoms with Gasteiger partial charge in [-0.2, -0.15) is 0 Å². The monoisotopic (exact) mass is 547 g/mol. The number of amides is 5. The number of fused-ring (bicyclic) bond motifs is 1. The average molecular weight is 548 g/mol. The summed E-state index contributed by atoms with van der Waals surface area (Å²) >= 11 is 0. The Kier molecular flexibility index (Phi) is 12.3. The van der Waals surface area contributed by atoms with Gasteiger partial charge in [0.2, 0.25) is 11.8 Å². The molecule has 1 atom stereocenters. The van der Waals surface area contributed by atoms with Crippen molar-refractivity contribution >= 4 is 29.7 Å². The second-order valence-corrected chi connectivity index (χ2v) is 9.18. The van der Waals surface area contributed by atoms with Gasteiger partial charge >= 0.3 is 6.09 Å². The van der Waals surface area contributed by atoms with Crippen LogP contribution in [0.2, 0.25) is 0 Å². The molecule has 214 valence electrons. The molecule has 1 unspecified atom stereocenters. The molecule has 2 N–H and O–H groups in total. The number of hydrogen-bond acceptors (Lipinski definition) is 9. The van der Waals surface area contributed by atoms with Crippen LogP contribution in [0.25, 0.3) is 0 Å². The van der Waals surface area contributed by atoms with Crippen LogP contribution in [0.5, 0.6) is 0 Å². The number of carbonyl (C=O) groups excluding carboxylic acids is 5. The minimum atomic E-state index is -0.969. The zero-order valence-corrected chi connectivity index (χ0v) is 22.3. The maximum atomic E-state index is 12.9. The van der Waals surface area contributed by atoms with Crippen LogP contribution in [0.1, 0.15) is 65.3 Å². The first-order chi connectivity index (χ1) is 18.9. The largest absolute Gasteiger partial charge is 0.450 e. The number of imide groups is 2. The van der Waals surface area contributed by atoms with E-state index < -0.39 is 35.8 Å². The normalized spacial score (nSPS) is 16.8. The molecule has 2 aliphatic rings. The number of nitrogens with zero attached hydrogens (tertiary/aromatic N) is 1. The van der Waals surface area contributed by atoms with Gasteiger partial charge in [-0.25, -0.2) is 4.79 Å². The first-order valence-electron chi connectivity index (χ1n) is 13.4. The highest BCUT2D eigenvalue weighted by atomic mass is 16.6. The van der Waals surface area contributed by atoms with Crippen molar-refractivity contribution < 1.29 is 42.9 Å². The van der Waals surface area contributed by atoms with Crippen molar-refractivity contribution in [1.82, 2.24) is 15.5 Å². The summed E-state index contributed by atoms with van der Waals surface area (Å²) in [6.07, 6.45) is 2.98. The maximum absolute atomic E-state index is 12.9. The summed E-state index contributed by atoms with van der Waals surface area (Å²) in [5, 5.41) is 4.81. The van der Waals surface area contributed by atoms with Crippen molar-refractivity contribution in [2.24, 2.45) is 0 Å². The van der Waals surface area contributed by atoms with Gasteiger partial charge in [0.05, 0.1) is 50.8 Å². The van der Waals surface area contributed by atoms with Gasteiger partial charge in [-0.05, 0) is 43.4 Å². The predicted molar refractivity (Wildman–Crippen MR) is 138 cm³/mol. The van der Waals surface area contributed by atoms with Gasteiger partial charge in [0, 0.05) is 19.6 Å². The molecule has 1 fully saturated rings. The molecule has 0 bridgehead atoms. The Morgan fingerprint density at radius 2 is 1.62 bits per heavy atom. The van der Waals surface area contributed by atoms with E-state index in [9.17, 15) is 24.0 Å². The molecule has 12 nitrogen and oxygen atoms in total. The SMILES string of the molecule is CCCCOC(=O)NCCOCCOCCOCCCc1ccc2c(c1)C(=O)N(C1CCC(=O)NC1=O)C2=O. The molecule has 1 saturated heterocycles. The Hall–Kier alpha value is -3.35. The molecular formula is C27H37N3O9. The zero-order valence-electron chi connectivity index (χ0n) is 22.3. The highest BCUT2D eigenvalue weighted by Crippen LogP contribution is 2.28. The number of ether oxygens (including phenoxy) is 4. The molecule has 1 aromatic carbocycles. The van der Waals surface area contributed by atoms with Gasteiger partial charge in [-0.15, -0.1) is 0 Å². The topological polar surface area (TPSA) is 150 Å². The van der Waals surface area contributed by atoms with Crippen molar-refractivity contribution in [2.45, 2.75) is 51.5 Å². The molecule has 5 amide bonds. The van der Waals surface area contributed by atoms with Crippen LogP contribution >= 0.6 is 0 Å². The van der Waals surface area contributed by atoms with Crippen LogP contribution < -0.4 is 10.6 Å². The Bertz CT molecular complexity index is 1030. The van der Waals surface area contributed by atoms with E-state index in [-0.39, 0.29) is 24.0 Å². The van der Waals surface area contributed by atoms with E-state index in [1.54, 1.807) is 18.2 Å². The van der Waals surface area contributed by atoms with Gasteiger partial charge in [0.15, 0.2) is 0 Å². The number of hydrogen-bond donors (Lipinski definition) is 2. The minimum Gasteiger partial charge on any atom is -0.450 e. The summed E-state index contributed by atoms with van der Waals surface area (Å²) in [7, 11) is 0. The Morgan fingerprint density at radius 1 is 0.923 bits per heavy atom. The molecule has 0 spiro atoms. The van der Waals surface area contributed by atoms with Crippen LogP contribution in [0.15, 0.2) is 18.2 Å². The highest BCUT2D eigenvalue weighted by molar-refractivity contribution is 6.23. The third-order valence-corrected chi connectivity index (χ3v) is 6.25. The number of benzene rings is 1. The third-order valence-electron chi connectivity index (χ3n) is 6.25. The van der Waals surface area contributed by atoms with Crippen LogP contribution in [-0.4, -0.2) is 93.5 Å². The number of alkyl carbamates (subject to hydrolysis) is 1. The number of unbranched alkanes of at least 4 members (excludes halogenated alkanes) is 1. The maximum Gasteiger partial charge on any atom is 0.407 e. The van der Waals surface area contributed by atoms with E-state index >= 15 is 0 Å². The van der Waals surface area contributed by atoms with Crippen molar-refractivity contribution in [3.63, 3.8) is 0 Å². The lowest BCUT2D eigenvalue weighted by Gasteiger charge is -2.27. The van der Waals surface area contributed by atoms with Crippen LogP contribution in [0.3, 0.4) is 0 Å². The summed E-state index contributed by atoms with van der Waals surface area (Å²) in [6, 6.07) is 4.13. The lowest BCUT2D eigenvalue weighted by atomic mass is 10.0. The Balaban J connectivity index is 1.23. The van der Waals surface area contributed by atoms with Crippen molar-refractivity contribution in [3.8, 4) is 0 Å². The van der Waals surface area contributed by atoms with Crippen molar-refractivity contribution in [2.75, 3.05) is 52.8 Å². The molecule has 39 heavy (non-hydrogen) atoms. The zero-order chi connectivity index (χ0) is 28.0. The number of aryl methyl sites for hydroxylation is 1. The average Bonchev–Trinajstić information content (AvgIpc) is 3.16. The lowest BCUT2D eigenvalue weighted by Crippen LogP contribution is -2.54. The Labute approximate surface area is 227 Å². The fourth-order valence-electron chi connectivity index (χ4n) is 4.18. The molecule has 2 heterocycles. The molecule has 0 saturated carbocycles. The first-order valence-corrected chi connectivity index (χ1v) is 13.4. The van der Waals surface area contributed by atoms with E-state index in [0.29, 0.717) is 59.2 Å². The predicted octanol–water partition coefficient (Wildman–Crippen LogP) is 1.60. The number of piperidine rings is 1. The molecule has 1 aromatic rings. The van der Waals surface area contributed by atoms with Gasteiger partial charge in [-0.3, -0.25) is 29.4 Å². The van der Waals surface area contributed by atoms with E-state index in [0.717, 1.165) is 29.7 Å². The van der Waals surface area contributed by atoms with Gasteiger partial charge in [0.25, 0.3) is 11.8 Å². The molecule has 0 aromatic heterocycles. The fourth-order valence-corrected chi connectivity index (χ4v) is 4.18. The molecule has 0 radical (unpaired) electrons. The van der Waals surface area contributed by atoms with Crippen LogP contribution in [0, 0.1) is 0 Å². The molecule has 2 aliphatic heterocycles. The summed E-state index contributed by atoms with van der Waals surface area (Å²) in [5.41, 5.74) is 1.44. The second-order valence-electron chi connectivity index (χ2n) is 9.18. The summed E-state index contributed by atoms with van der Waals surface area (Å²) in [6.45, 7) is 5.39. The molecule has 3 rings (SSSR count). The quantitative estimate of drug-likeness (QED) is 0.219. The van der Waals surface area contributed by atoms with Crippen molar-refractivity contribution in [1.29, 1.82) is 0 Å². The smallest absolute Gasteiger partial charge is 0.407 e.